The molecule has 2 aromatic rings. The molecule has 2 N–H and O–H groups in total. The molecule has 19 heavy (non-hydrogen) atoms. The number of oxazole rings is 1. The topological polar surface area (TPSA) is 58.3 Å². The van der Waals surface area contributed by atoms with Crippen molar-refractivity contribution < 1.29 is 9.52 Å². The lowest BCUT2D eigenvalue weighted by molar-refractivity contribution is 0.194. The summed E-state index contributed by atoms with van der Waals surface area (Å²) in [5.74, 6) is 1.18. The summed E-state index contributed by atoms with van der Waals surface area (Å²) in [7, 11) is 0. The fraction of sp³-hybridized carbons (Fsp3) is 0.500. The van der Waals surface area contributed by atoms with Crippen molar-refractivity contribution in [1.29, 1.82) is 0 Å². The van der Waals surface area contributed by atoms with E-state index in [1.54, 1.807) is 0 Å². The highest BCUT2D eigenvalue weighted by atomic mass is 32.2. The Labute approximate surface area is 117 Å². The number of para-hydroxylation sites is 2. The van der Waals surface area contributed by atoms with Gasteiger partial charge in [0.15, 0.2) is 5.58 Å². The largest absolute Gasteiger partial charge is 0.431 e. The van der Waals surface area contributed by atoms with Crippen molar-refractivity contribution in [2.24, 2.45) is 5.92 Å². The Morgan fingerprint density at radius 2 is 2.11 bits per heavy atom. The van der Waals surface area contributed by atoms with E-state index in [0.29, 0.717) is 23.4 Å². The maximum atomic E-state index is 9.85. The lowest BCUT2D eigenvalue weighted by Gasteiger charge is -2.11. The average Bonchev–Trinajstić information content (AvgIpc) is 2.78. The Morgan fingerprint density at radius 1 is 1.32 bits per heavy atom. The molecule has 2 rings (SSSR count). The van der Waals surface area contributed by atoms with Crippen molar-refractivity contribution in [3.63, 3.8) is 0 Å². The van der Waals surface area contributed by atoms with Gasteiger partial charge in [-0.25, -0.2) is 4.98 Å². The van der Waals surface area contributed by atoms with E-state index in [4.69, 9.17) is 4.42 Å². The third-order valence-corrected chi connectivity index (χ3v) is 3.58. The molecule has 0 radical (unpaired) electrons. The van der Waals surface area contributed by atoms with Crippen LogP contribution in [0.4, 0.5) is 0 Å². The minimum absolute atomic E-state index is 0.390. The number of nitrogens with zero attached hydrogens (tertiary/aromatic N) is 1. The first-order chi connectivity index (χ1) is 9.15. The summed E-state index contributed by atoms with van der Waals surface area (Å²) in [5.41, 5.74) is 1.65. The number of hydrogen-bond acceptors (Lipinski definition) is 5. The molecule has 5 heteroatoms. The second-order valence-electron chi connectivity index (χ2n) is 4.96. The van der Waals surface area contributed by atoms with Crippen LogP contribution in [0.1, 0.15) is 13.8 Å². The van der Waals surface area contributed by atoms with Crippen molar-refractivity contribution in [2.75, 3.05) is 18.8 Å². The van der Waals surface area contributed by atoms with E-state index in [9.17, 15) is 5.11 Å². The number of thioether (sulfide) groups is 1. The normalized spacial score (nSPS) is 13.3. The predicted octanol–water partition coefficient (Wildman–Crippen LogP) is 2.53. The van der Waals surface area contributed by atoms with Gasteiger partial charge in [-0.15, -0.1) is 0 Å². The Morgan fingerprint density at radius 3 is 2.84 bits per heavy atom. The van der Waals surface area contributed by atoms with Crippen molar-refractivity contribution >= 4 is 22.9 Å². The van der Waals surface area contributed by atoms with Crippen molar-refractivity contribution in [2.45, 2.75) is 25.2 Å². The van der Waals surface area contributed by atoms with Crippen molar-refractivity contribution in [3.05, 3.63) is 24.3 Å². The fourth-order valence-corrected chi connectivity index (χ4v) is 2.44. The lowest BCUT2D eigenvalue weighted by Crippen LogP contribution is -2.30. The lowest BCUT2D eigenvalue weighted by atomic mass is 10.2. The van der Waals surface area contributed by atoms with Crippen LogP contribution >= 0.6 is 11.8 Å². The Kier molecular flexibility index (Phi) is 5.24. The van der Waals surface area contributed by atoms with Crippen LogP contribution in [-0.4, -0.2) is 35.0 Å². The van der Waals surface area contributed by atoms with Gasteiger partial charge in [-0.2, -0.15) is 0 Å². The van der Waals surface area contributed by atoms with E-state index >= 15 is 0 Å². The first kappa shape index (κ1) is 14.4. The summed E-state index contributed by atoms with van der Waals surface area (Å²) in [6, 6.07) is 7.67. The highest BCUT2D eigenvalue weighted by Gasteiger charge is 2.09. The SMILES string of the molecule is CC(C)CNCC(O)CSc1nc2ccccc2o1. The summed E-state index contributed by atoms with van der Waals surface area (Å²) >= 11 is 1.45. The second kappa shape index (κ2) is 6.93. The van der Waals surface area contributed by atoms with E-state index in [1.165, 1.54) is 11.8 Å². The van der Waals surface area contributed by atoms with Gasteiger partial charge in [0.2, 0.25) is 0 Å². The number of aromatic nitrogens is 1. The molecule has 0 aliphatic heterocycles. The quantitative estimate of drug-likeness (QED) is 0.763. The number of rotatable bonds is 7. The summed E-state index contributed by atoms with van der Waals surface area (Å²) in [6.07, 6.45) is -0.390. The number of fused-ring (bicyclic) bond motifs is 1. The maximum absolute atomic E-state index is 9.85. The zero-order valence-corrected chi connectivity index (χ0v) is 12.1. The molecule has 0 bridgehead atoms. The van der Waals surface area contributed by atoms with E-state index in [1.807, 2.05) is 24.3 Å². The Hall–Kier alpha value is -1.04. The minimum Gasteiger partial charge on any atom is -0.431 e. The molecule has 0 spiro atoms. The minimum atomic E-state index is -0.390. The standard InChI is InChI=1S/C14H20N2O2S/c1-10(2)7-15-8-11(17)9-19-14-16-12-5-3-4-6-13(12)18-14/h3-6,10-11,15,17H,7-9H2,1-2H3. The Balaban J connectivity index is 1.78. The molecule has 1 heterocycles. The zero-order valence-electron chi connectivity index (χ0n) is 11.3. The average molecular weight is 280 g/mol. The van der Waals surface area contributed by atoms with E-state index in [0.717, 1.165) is 17.6 Å². The third-order valence-electron chi connectivity index (χ3n) is 2.61. The summed E-state index contributed by atoms with van der Waals surface area (Å²) in [5, 5.41) is 13.7. The molecule has 1 atom stereocenters. The fourth-order valence-electron chi connectivity index (χ4n) is 1.68. The van der Waals surface area contributed by atoms with E-state index in [2.05, 4.69) is 24.1 Å². The van der Waals surface area contributed by atoms with Crippen LogP contribution in [0.2, 0.25) is 0 Å². The summed E-state index contributed by atoms with van der Waals surface area (Å²) < 4.78 is 5.58. The van der Waals surface area contributed by atoms with Gasteiger partial charge in [0, 0.05) is 12.3 Å². The van der Waals surface area contributed by atoms with Crippen LogP contribution in [-0.2, 0) is 0 Å². The van der Waals surface area contributed by atoms with Gasteiger partial charge in [-0.1, -0.05) is 37.7 Å². The van der Waals surface area contributed by atoms with Gasteiger partial charge >= 0.3 is 0 Å². The zero-order chi connectivity index (χ0) is 13.7. The van der Waals surface area contributed by atoms with E-state index in [-0.39, 0.29) is 0 Å². The molecule has 0 amide bonds. The summed E-state index contributed by atoms with van der Waals surface area (Å²) in [6.45, 7) is 5.81. The maximum Gasteiger partial charge on any atom is 0.256 e. The number of aliphatic hydroxyl groups is 1. The van der Waals surface area contributed by atoms with Crippen LogP contribution in [0, 0.1) is 5.92 Å². The number of benzene rings is 1. The molecule has 0 saturated heterocycles. The highest BCUT2D eigenvalue weighted by Crippen LogP contribution is 2.23. The second-order valence-corrected chi connectivity index (χ2v) is 5.94. The van der Waals surface area contributed by atoms with Gasteiger partial charge in [0.25, 0.3) is 5.22 Å². The molecule has 4 nitrogen and oxygen atoms in total. The third kappa shape index (κ3) is 4.53. The summed E-state index contributed by atoms with van der Waals surface area (Å²) in [4.78, 5) is 4.36. The molecule has 0 aliphatic carbocycles. The molecular weight excluding hydrogens is 260 g/mol. The molecule has 1 unspecified atom stereocenters. The van der Waals surface area contributed by atoms with Gasteiger partial charge in [0.05, 0.1) is 6.10 Å². The highest BCUT2D eigenvalue weighted by molar-refractivity contribution is 7.99. The van der Waals surface area contributed by atoms with Crippen LogP contribution in [0.3, 0.4) is 0 Å². The predicted molar refractivity (Wildman–Crippen MR) is 78.4 cm³/mol. The van der Waals surface area contributed by atoms with Gasteiger partial charge in [0.1, 0.15) is 5.52 Å². The van der Waals surface area contributed by atoms with Crippen LogP contribution in [0.15, 0.2) is 33.9 Å². The molecule has 104 valence electrons. The van der Waals surface area contributed by atoms with Crippen LogP contribution in [0.25, 0.3) is 11.1 Å². The molecule has 1 aromatic carbocycles. The Bertz CT molecular complexity index is 480. The van der Waals surface area contributed by atoms with Crippen LogP contribution < -0.4 is 5.32 Å². The monoisotopic (exact) mass is 280 g/mol. The smallest absolute Gasteiger partial charge is 0.256 e. The molecule has 0 fully saturated rings. The van der Waals surface area contributed by atoms with Crippen molar-refractivity contribution in [3.8, 4) is 0 Å². The number of hydrogen-bond donors (Lipinski definition) is 2. The molecular formula is C14H20N2O2S. The van der Waals surface area contributed by atoms with Gasteiger partial charge < -0.3 is 14.8 Å². The molecule has 0 saturated carbocycles. The van der Waals surface area contributed by atoms with Gasteiger partial charge in [-0.05, 0) is 24.6 Å². The molecule has 0 aliphatic rings. The van der Waals surface area contributed by atoms with E-state index < -0.39 is 6.10 Å². The first-order valence-electron chi connectivity index (χ1n) is 6.52. The van der Waals surface area contributed by atoms with Gasteiger partial charge in [-0.3, -0.25) is 0 Å². The van der Waals surface area contributed by atoms with Crippen molar-refractivity contribution in [1.82, 2.24) is 10.3 Å². The first-order valence-corrected chi connectivity index (χ1v) is 7.51. The van der Waals surface area contributed by atoms with Crippen LogP contribution in [0.5, 0.6) is 0 Å². The number of nitrogens with one attached hydrogen (secondary N) is 1. The number of aliphatic hydroxyl groups excluding tert-OH is 1. The molecule has 1 aromatic heterocycles.